The molecule has 2 aromatic rings. The van der Waals surface area contributed by atoms with E-state index in [1.807, 2.05) is 18.2 Å². The largest absolute Gasteiger partial charge is 0.473 e. The topological polar surface area (TPSA) is 45.9 Å². The van der Waals surface area contributed by atoms with E-state index in [0.717, 1.165) is 5.56 Å². The Bertz CT molecular complexity index is 546. The van der Waals surface area contributed by atoms with E-state index in [2.05, 4.69) is 4.98 Å². The second kappa shape index (κ2) is 5.33. The summed E-state index contributed by atoms with van der Waals surface area (Å²) in [5.74, 6) is 0.444. The van der Waals surface area contributed by atoms with E-state index in [0.29, 0.717) is 23.2 Å². The van der Waals surface area contributed by atoms with Crippen molar-refractivity contribution in [1.29, 1.82) is 5.26 Å². The molecule has 0 aliphatic carbocycles. The van der Waals surface area contributed by atoms with Gasteiger partial charge >= 0.3 is 0 Å². The van der Waals surface area contributed by atoms with E-state index in [4.69, 9.17) is 21.6 Å². The number of ether oxygens (including phenoxy) is 1. The zero-order valence-electron chi connectivity index (χ0n) is 8.93. The van der Waals surface area contributed by atoms with Crippen LogP contribution in [0.4, 0.5) is 0 Å². The van der Waals surface area contributed by atoms with E-state index in [-0.39, 0.29) is 0 Å². The van der Waals surface area contributed by atoms with Gasteiger partial charge in [0.15, 0.2) is 0 Å². The highest BCUT2D eigenvalue weighted by Gasteiger charge is 1.99. The first-order valence-electron chi connectivity index (χ1n) is 5.02. The fourth-order valence-electron chi connectivity index (χ4n) is 1.30. The van der Waals surface area contributed by atoms with Gasteiger partial charge in [-0.3, -0.25) is 0 Å². The second-order valence-corrected chi connectivity index (χ2v) is 3.82. The van der Waals surface area contributed by atoms with Crippen LogP contribution in [0.25, 0.3) is 0 Å². The van der Waals surface area contributed by atoms with Crippen LogP contribution in [0.3, 0.4) is 0 Å². The molecule has 0 fully saturated rings. The van der Waals surface area contributed by atoms with E-state index in [1.54, 1.807) is 30.3 Å². The summed E-state index contributed by atoms with van der Waals surface area (Å²) in [4.78, 5) is 4.01. The summed E-state index contributed by atoms with van der Waals surface area (Å²) in [5.41, 5.74) is 1.34. The molecule has 4 heteroatoms. The first-order valence-corrected chi connectivity index (χ1v) is 5.40. The minimum atomic E-state index is 0.346. The van der Waals surface area contributed by atoms with Gasteiger partial charge < -0.3 is 4.74 Å². The Labute approximate surface area is 104 Å². The highest BCUT2D eigenvalue weighted by Crippen LogP contribution is 2.13. The Kier molecular flexibility index (Phi) is 3.59. The highest BCUT2D eigenvalue weighted by atomic mass is 35.5. The van der Waals surface area contributed by atoms with Crippen molar-refractivity contribution in [2.24, 2.45) is 0 Å². The van der Waals surface area contributed by atoms with E-state index < -0.39 is 0 Å². The van der Waals surface area contributed by atoms with Crippen molar-refractivity contribution in [2.45, 2.75) is 6.61 Å². The number of aromatic nitrogens is 1. The standard InChI is InChI=1S/C13H9ClN2O/c14-11-6-4-10(5-7-11)9-17-13-3-1-2-12(8-15)16-13/h1-7H,9H2. The molecule has 1 heterocycles. The van der Waals surface area contributed by atoms with Crippen LogP contribution in [0, 0.1) is 11.3 Å². The molecular formula is C13H9ClN2O. The molecule has 1 aromatic carbocycles. The fourth-order valence-corrected chi connectivity index (χ4v) is 1.42. The van der Waals surface area contributed by atoms with Crippen molar-refractivity contribution >= 4 is 11.6 Å². The molecule has 0 aliphatic heterocycles. The predicted molar refractivity (Wildman–Crippen MR) is 64.7 cm³/mol. The van der Waals surface area contributed by atoms with Gasteiger partial charge in [-0.15, -0.1) is 0 Å². The van der Waals surface area contributed by atoms with Gasteiger partial charge in [-0.2, -0.15) is 5.26 Å². The monoisotopic (exact) mass is 244 g/mol. The number of benzene rings is 1. The zero-order chi connectivity index (χ0) is 12.1. The summed E-state index contributed by atoms with van der Waals surface area (Å²) in [5, 5.41) is 9.39. The summed E-state index contributed by atoms with van der Waals surface area (Å²) in [7, 11) is 0. The molecule has 0 bridgehead atoms. The number of nitrogens with zero attached hydrogens (tertiary/aromatic N) is 2. The number of hydrogen-bond donors (Lipinski definition) is 0. The minimum absolute atomic E-state index is 0.346. The van der Waals surface area contributed by atoms with Crippen molar-refractivity contribution in [3.63, 3.8) is 0 Å². The first kappa shape index (κ1) is 11.4. The third-order valence-electron chi connectivity index (χ3n) is 2.14. The van der Waals surface area contributed by atoms with Crippen LogP contribution in [-0.4, -0.2) is 4.98 Å². The normalized spacial score (nSPS) is 9.65. The number of nitriles is 1. The molecule has 84 valence electrons. The van der Waals surface area contributed by atoms with E-state index in [9.17, 15) is 0 Å². The summed E-state index contributed by atoms with van der Waals surface area (Å²) < 4.78 is 5.47. The minimum Gasteiger partial charge on any atom is -0.473 e. The Morgan fingerprint density at radius 2 is 1.94 bits per heavy atom. The quantitative estimate of drug-likeness (QED) is 0.833. The molecule has 0 atom stereocenters. The third-order valence-corrected chi connectivity index (χ3v) is 2.39. The van der Waals surface area contributed by atoms with Crippen LogP contribution in [0.15, 0.2) is 42.5 Å². The van der Waals surface area contributed by atoms with Gasteiger partial charge in [-0.25, -0.2) is 4.98 Å². The van der Waals surface area contributed by atoms with Crippen LogP contribution in [0.2, 0.25) is 5.02 Å². The average Bonchev–Trinajstić information content (AvgIpc) is 2.38. The van der Waals surface area contributed by atoms with Crippen LogP contribution in [0.5, 0.6) is 5.88 Å². The molecule has 1 aromatic heterocycles. The molecule has 0 radical (unpaired) electrons. The third kappa shape index (κ3) is 3.20. The van der Waals surface area contributed by atoms with Crippen molar-refractivity contribution in [1.82, 2.24) is 4.98 Å². The molecule has 0 saturated carbocycles. The number of pyridine rings is 1. The molecule has 0 unspecified atom stereocenters. The zero-order valence-corrected chi connectivity index (χ0v) is 9.69. The van der Waals surface area contributed by atoms with Crippen molar-refractivity contribution in [3.8, 4) is 11.9 Å². The number of hydrogen-bond acceptors (Lipinski definition) is 3. The lowest BCUT2D eigenvalue weighted by atomic mass is 10.2. The summed E-state index contributed by atoms with van der Waals surface area (Å²) in [6.45, 7) is 0.402. The molecule has 3 nitrogen and oxygen atoms in total. The molecule has 0 saturated heterocycles. The molecule has 0 spiro atoms. The van der Waals surface area contributed by atoms with Crippen LogP contribution < -0.4 is 4.74 Å². The summed E-state index contributed by atoms with van der Waals surface area (Å²) in [6, 6.07) is 14.4. The Morgan fingerprint density at radius 1 is 1.18 bits per heavy atom. The number of halogens is 1. The highest BCUT2D eigenvalue weighted by molar-refractivity contribution is 6.30. The maximum atomic E-state index is 8.70. The molecule has 2 rings (SSSR count). The first-order chi connectivity index (χ1) is 8.28. The fraction of sp³-hybridized carbons (Fsp3) is 0.0769. The lowest BCUT2D eigenvalue weighted by molar-refractivity contribution is 0.293. The van der Waals surface area contributed by atoms with Gasteiger partial charge in [0.05, 0.1) is 0 Å². The van der Waals surface area contributed by atoms with Crippen LogP contribution in [0.1, 0.15) is 11.3 Å². The Morgan fingerprint density at radius 3 is 2.65 bits per heavy atom. The number of rotatable bonds is 3. The van der Waals surface area contributed by atoms with Crippen LogP contribution >= 0.6 is 11.6 Å². The maximum Gasteiger partial charge on any atom is 0.214 e. The van der Waals surface area contributed by atoms with E-state index in [1.165, 1.54) is 0 Å². The average molecular weight is 245 g/mol. The molecule has 0 aliphatic rings. The smallest absolute Gasteiger partial charge is 0.214 e. The van der Waals surface area contributed by atoms with E-state index >= 15 is 0 Å². The lowest BCUT2D eigenvalue weighted by Gasteiger charge is -2.05. The van der Waals surface area contributed by atoms with Gasteiger partial charge in [-0.1, -0.05) is 29.8 Å². The molecule has 17 heavy (non-hydrogen) atoms. The lowest BCUT2D eigenvalue weighted by Crippen LogP contribution is -1.97. The van der Waals surface area contributed by atoms with Gasteiger partial charge in [0.25, 0.3) is 0 Å². The second-order valence-electron chi connectivity index (χ2n) is 3.39. The van der Waals surface area contributed by atoms with Crippen molar-refractivity contribution in [3.05, 3.63) is 58.7 Å². The maximum absolute atomic E-state index is 8.70. The van der Waals surface area contributed by atoms with Gasteiger partial charge in [0.2, 0.25) is 5.88 Å². The predicted octanol–water partition coefficient (Wildman–Crippen LogP) is 3.19. The van der Waals surface area contributed by atoms with Crippen LogP contribution in [-0.2, 0) is 6.61 Å². The Hall–Kier alpha value is -2.05. The van der Waals surface area contributed by atoms with Gasteiger partial charge in [0, 0.05) is 11.1 Å². The molecular weight excluding hydrogens is 236 g/mol. The van der Waals surface area contributed by atoms with Gasteiger partial charge in [0.1, 0.15) is 18.4 Å². The molecule has 0 N–H and O–H groups in total. The summed E-state index contributed by atoms with van der Waals surface area (Å²) in [6.07, 6.45) is 0. The van der Waals surface area contributed by atoms with Crippen molar-refractivity contribution in [2.75, 3.05) is 0 Å². The SMILES string of the molecule is N#Cc1cccc(OCc2ccc(Cl)cc2)n1. The molecule has 0 amide bonds. The summed E-state index contributed by atoms with van der Waals surface area (Å²) >= 11 is 5.78. The Balaban J connectivity index is 2.02. The van der Waals surface area contributed by atoms with Gasteiger partial charge in [-0.05, 0) is 23.8 Å². The van der Waals surface area contributed by atoms with Crippen molar-refractivity contribution < 1.29 is 4.74 Å².